The van der Waals surface area contributed by atoms with Crippen LogP contribution in [-0.4, -0.2) is 35.1 Å². The largest absolute Gasteiger partial charge is 0.340 e. The van der Waals surface area contributed by atoms with E-state index in [0.717, 1.165) is 22.6 Å². The molecule has 3 nitrogen and oxygen atoms in total. The SMILES string of the molecule is CCC(CSC)N(C)c1ncc(Br)cn1. The van der Waals surface area contributed by atoms with Crippen molar-refractivity contribution >= 4 is 33.6 Å². The van der Waals surface area contributed by atoms with Gasteiger partial charge in [-0.25, -0.2) is 9.97 Å². The number of rotatable bonds is 5. The number of hydrogen-bond donors (Lipinski definition) is 0. The Morgan fingerprint density at radius 3 is 2.53 bits per heavy atom. The molecule has 15 heavy (non-hydrogen) atoms. The number of thioether (sulfide) groups is 1. The Morgan fingerprint density at radius 2 is 2.07 bits per heavy atom. The lowest BCUT2D eigenvalue weighted by Crippen LogP contribution is -2.34. The van der Waals surface area contributed by atoms with Crippen molar-refractivity contribution in [2.24, 2.45) is 0 Å². The van der Waals surface area contributed by atoms with Gasteiger partial charge < -0.3 is 4.90 Å². The molecule has 0 amide bonds. The van der Waals surface area contributed by atoms with Crippen molar-refractivity contribution in [1.29, 1.82) is 0 Å². The molecular formula is C10H16BrN3S. The van der Waals surface area contributed by atoms with Gasteiger partial charge in [0.05, 0.1) is 4.47 Å². The molecule has 1 aromatic heterocycles. The van der Waals surface area contributed by atoms with E-state index < -0.39 is 0 Å². The van der Waals surface area contributed by atoms with Gasteiger partial charge in [0.2, 0.25) is 5.95 Å². The molecule has 84 valence electrons. The fraction of sp³-hybridized carbons (Fsp3) is 0.600. The summed E-state index contributed by atoms with van der Waals surface area (Å²) >= 11 is 5.19. The summed E-state index contributed by atoms with van der Waals surface area (Å²) in [5.41, 5.74) is 0. The second-order valence-electron chi connectivity index (χ2n) is 3.33. The van der Waals surface area contributed by atoms with Gasteiger partial charge in [0.15, 0.2) is 0 Å². The lowest BCUT2D eigenvalue weighted by atomic mass is 10.2. The minimum Gasteiger partial charge on any atom is -0.340 e. The molecule has 0 aliphatic heterocycles. The molecule has 1 heterocycles. The molecule has 0 N–H and O–H groups in total. The summed E-state index contributed by atoms with van der Waals surface area (Å²) in [7, 11) is 2.05. The molecule has 0 aromatic carbocycles. The van der Waals surface area contributed by atoms with Gasteiger partial charge in [-0.05, 0) is 28.6 Å². The van der Waals surface area contributed by atoms with Gasteiger partial charge in [-0.2, -0.15) is 11.8 Å². The van der Waals surface area contributed by atoms with Crippen molar-refractivity contribution < 1.29 is 0 Å². The summed E-state index contributed by atoms with van der Waals surface area (Å²) < 4.78 is 0.914. The van der Waals surface area contributed by atoms with Crippen molar-refractivity contribution in [2.75, 3.05) is 24.0 Å². The molecule has 0 radical (unpaired) electrons. The predicted molar refractivity (Wildman–Crippen MR) is 70.6 cm³/mol. The quantitative estimate of drug-likeness (QED) is 0.834. The van der Waals surface area contributed by atoms with Gasteiger partial charge in [-0.3, -0.25) is 0 Å². The second kappa shape index (κ2) is 6.33. The zero-order valence-electron chi connectivity index (χ0n) is 9.27. The average Bonchev–Trinajstić information content (AvgIpc) is 2.26. The Morgan fingerprint density at radius 1 is 1.47 bits per heavy atom. The van der Waals surface area contributed by atoms with Gasteiger partial charge in [0, 0.05) is 31.2 Å². The molecule has 0 aliphatic rings. The van der Waals surface area contributed by atoms with Gasteiger partial charge in [-0.1, -0.05) is 6.92 Å². The Labute approximate surface area is 104 Å². The van der Waals surface area contributed by atoms with Crippen molar-refractivity contribution in [2.45, 2.75) is 19.4 Å². The number of anilines is 1. The lowest BCUT2D eigenvalue weighted by molar-refractivity contribution is 0.657. The molecule has 0 spiro atoms. The first kappa shape index (κ1) is 12.8. The van der Waals surface area contributed by atoms with E-state index in [9.17, 15) is 0 Å². The predicted octanol–water partition coefficient (Wildman–Crippen LogP) is 2.82. The molecule has 0 bridgehead atoms. The van der Waals surface area contributed by atoms with E-state index in [2.05, 4.69) is 44.0 Å². The van der Waals surface area contributed by atoms with Gasteiger partial charge in [-0.15, -0.1) is 0 Å². The van der Waals surface area contributed by atoms with Crippen LogP contribution in [0.2, 0.25) is 0 Å². The summed E-state index contributed by atoms with van der Waals surface area (Å²) in [6.07, 6.45) is 6.80. The topological polar surface area (TPSA) is 29.0 Å². The normalized spacial score (nSPS) is 12.5. The number of nitrogens with zero attached hydrogens (tertiary/aromatic N) is 3. The van der Waals surface area contributed by atoms with E-state index in [-0.39, 0.29) is 0 Å². The first-order valence-corrected chi connectivity index (χ1v) is 7.07. The van der Waals surface area contributed by atoms with Crippen LogP contribution in [-0.2, 0) is 0 Å². The minimum absolute atomic E-state index is 0.501. The highest BCUT2D eigenvalue weighted by Gasteiger charge is 2.14. The second-order valence-corrected chi connectivity index (χ2v) is 5.16. The van der Waals surface area contributed by atoms with Crippen LogP contribution in [0.5, 0.6) is 0 Å². The molecule has 0 aliphatic carbocycles. The van der Waals surface area contributed by atoms with Crippen LogP contribution in [0, 0.1) is 0 Å². The average molecular weight is 290 g/mol. The van der Waals surface area contributed by atoms with Crippen LogP contribution in [0.1, 0.15) is 13.3 Å². The van der Waals surface area contributed by atoms with Gasteiger partial charge in [0.25, 0.3) is 0 Å². The van der Waals surface area contributed by atoms with Crippen molar-refractivity contribution in [3.8, 4) is 0 Å². The van der Waals surface area contributed by atoms with Crippen LogP contribution in [0.4, 0.5) is 5.95 Å². The molecule has 1 aromatic rings. The maximum atomic E-state index is 4.29. The van der Waals surface area contributed by atoms with Crippen molar-refractivity contribution in [1.82, 2.24) is 9.97 Å². The van der Waals surface area contributed by atoms with Crippen LogP contribution < -0.4 is 4.90 Å². The van der Waals surface area contributed by atoms with Gasteiger partial charge in [0.1, 0.15) is 0 Å². The smallest absolute Gasteiger partial charge is 0.225 e. The molecular weight excluding hydrogens is 274 g/mol. The third kappa shape index (κ3) is 3.65. The number of hydrogen-bond acceptors (Lipinski definition) is 4. The summed E-state index contributed by atoms with van der Waals surface area (Å²) in [5, 5.41) is 0. The standard InChI is InChI=1S/C10H16BrN3S/c1-4-9(7-15-3)14(2)10-12-5-8(11)6-13-10/h5-6,9H,4,7H2,1-3H3. The molecule has 1 atom stereocenters. The highest BCUT2D eigenvalue weighted by atomic mass is 79.9. The fourth-order valence-electron chi connectivity index (χ4n) is 1.35. The van der Waals surface area contributed by atoms with E-state index >= 15 is 0 Å². The minimum atomic E-state index is 0.501. The third-order valence-electron chi connectivity index (χ3n) is 2.30. The van der Waals surface area contributed by atoms with Gasteiger partial charge >= 0.3 is 0 Å². The molecule has 0 fully saturated rings. The lowest BCUT2D eigenvalue weighted by Gasteiger charge is -2.26. The van der Waals surface area contributed by atoms with Crippen molar-refractivity contribution in [3.63, 3.8) is 0 Å². The maximum Gasteiger partial charge on any atom is 0.225 e. The van der Waals surface area contributed by atoms with Crippen LogP contribution in [0.25, 0.3) is 0 Å². The molecule has 1 rings (SSSR count). The number of aromatic nitrogens is 2. The third-order valence-corrected chi connectivity index (χ3v) is 3.43. The highest BCUT2D eigenvalue weighted by molar-refractivity contribution is 9.10. The fourth-order valence-corrected chi connectivity index (χ4v) is 2.40. The van der Waals surface area contributed by atoms with Crippen LogP contribution in [0.15, 0.2) is 16.9 Å². The Balaban J connectivity index is 2.73. The number of halogens is 1. The van der Waals surface area contributed by atoms with E-state index in [1.807, 2.05) is 18.8 Å². The maximum absolute atomic E-state index is 4.29. The first-order chi connectivity index (χ1) is 7.19. The Hall–Kier alpha value is -0.290. The zero-order chi connectivity index (χ0) is 11.3. The molecule has 1 unspecified atom stereocenters. The van der Waals surface area contributed by atoms with E-state index in [1.165, 1.54) is 0 Å². The first-order valence-electron chi connectivity index (χ1n) is 4.88. The summed E-state index contributed by atoms with van der Waals surface area (Å²) in [4.78, 5) is 10.7. The zero-order valence-corrected chi connectivity index (χ0v) is 11.7. The highest BCUT2D eigenvalue weighted by Crippen LogP contribution is 2.15. The Bertz CT molecular complexity index is 291. The van der Waals surface area contributed by atoms with E-state index in [4.69, 9.17) is 0 Å². The molecule has 0 saturated heterocycles. The van der Waals surface area contributed by atoms with E-state index in [1.54, 1.807) is 12.4 Å². The monoisotopic (exact) mass is 289 g/mol. The Kier molecular flexibility index (Phi) is 5.39. The van der Waals surface area contributed by atoms with Crippen LogP contribution in [0.3, 0.4) is 0 Å². The van der Waals surface area contributed by atoms with Crippen LogP contribution >= 0.6 is 27.7 Å². The van der Waals surface area contributed by atoms with E-state index in [0.29, 0.717) is 6.04 Å². The summed E-state index contributed by atoms with van der Waals surface area (Å²) in [6, 6.07) is 0.501. The van der Waals surface area contributed by atoms with Crippen molar-refractivity contribution in [3.05, 3.63) is 16.9 Å². The molecule has 5 heteroatoms. The summed E-state index contributed by atoms with van der Waals surface area (Å²) in [5.74, 6) is 1.89. The summed E-state index contributed by atoms with van der Waals surface area (Å²) in [6.45, 7) is 2.19. The molecule has 0 saturated carbocycles.